The van der Waals surface area contributed by atoms with Gasteiger partial charge in [-0.15, -0.1) is 0 Å². The van der Waals surface area contributed by atoms with E-state index in [1.807, 2.05) is 12.1 Å². The van der Waals surface area contributed by atoms with E-state index in [0.29, 0.717) is 6.04 Å². The number of hydrogen-bond acceptors (Lipinski definition) is 4. The number of nitrogens with one attached hydrogen (secondary N) is 1. The van der Waals surface area contributed by atoms with Crippen molar-refractivity contribution in [3.8, 4) is 5.75 Å². The Kier molecular flexibility index (Phi) is 6.45. The van der Waals surface area contributed by atoms with Gasteiger partial charge in [-0.05, 0) is 35.7 Å². The molecule has 0 aromatic heterocycles. The van der Waals surface area contributed by atoms with E-state index >= 15 is 0 Å². The fourth-order valence-electron chi connectivity index (χ4n) is 3.32. The summed E-state index contributed by atoms with van der Waals surface area (Å²) in [6.45, 7) is 7.55. The predicted octanol–water partition coefficient (Wildman–Crippen LogP) is 3.17. The molecule has 3 rings (SSSR count). The molecule has 1 heterocycles. The van der Waals surface area contributed by atoms with Crippen LogP contribution in [-0.2, 0) is 11.3 Å². The van der Waals surface area contributed by atoms with Crippen molar-refractivity contribution in [1.29, 1.82) is 0 Å². The zero-order valence-electron chi connectivity index (χ0n) is 15.2. The van der Waals surface area contributed by atoms with Crippen LogP contribution in [0.2, 0.25) is 0 Å². The van der Waals surface area contributed by atoms with Crippen molar-refractivity contribution in [1.82, 2.24) is 10.2 Å². The van der Waals surface area contributed by atoms with Crippen LogP contribution in [0, 0.1) is 6.92 Å². The largest absolute Gasteiger partial charge is 0.497 e. The molecule has 0 bridgehead atoms. The van der Waals surface area contributed by atoms with Gasteiger partial charge in [-0.2, -0.15) is 0 Å². The molecule has 1 saturated heterocycles. The van der Waals surface area contributed by atoms with Crippen LogP contribution in [0.5, 0.6) is 5.75 Å². The van der Waals surface area contributed by atoms with Gasteiger partial charge in [0.25, 0.3) is 0 Å². The van der Waals surface area contributed by atoms with Crippen molar-refractivity contribution in [2.24, 2.45) is 0 Å². The van der Waals surface area contributed by atoms with Gasteiger partial charge in [0.2, 0.25) is 0 Å². The van der Waals surface area contributed by atoms with Gasteiger partial charge >= 0.3 is 0 Å². The van der Waals surface area contributed by atoms with Crippen LogP contribution < -0.4 is 10.1 Å². The molecule has 0 radical (unpaired) electrons. The van der Waals surface area contributed by atoms with Gasteiger partial charge < -0.3 is 14.8 Å². The third-order valence-corrected chi connectivity index (χ3v) is 4.90. The lowest BCUT2D eigenvalue weighted by Gasteiger charge is -2.35. The number of hydrogen-bond donors (Lipinski definition) is 1. The Labute approximate surface area is 150 Å². The van der Waals surface area contributed by atoms with E-state index in [-0.39, 0.29) is 0 Å². The molecule has 1 aliphatic heterocycles. The van der Waals surface area contributed by atoms with E-state index in [4.69, 9.17) is 9.47 Å². The van der Waals surface area contributed by atoms with Crippen molar-refractivity contribution in [3.05, 3.63) is 65.2 Å². The molecule has 0 saturated carbocycles. The van der Waals surface area contributed by atoms with Gasteiger partial charge in [0.1, 0.15) is 5.75 Å². The Morgan fingerprint density at radius 3 is 2.48 bits per heavy atom. The molecule has 25 heavy (non-hydrogen) atoms. The first-order chi connectivity index (χ1) is 12.3. The number of methoxy groups -OCH3 is 1. The molecule has 1 unspecified atom stereocenters. The smallest absolute Gasteiger partial charge is 0.118 e. The Morgan fingerprint density at radius 2 is 1.80 bits per heavy atom. The maximum absolute atomic E-state index is 5.53. The molecule has 0 aliphatic carbocycles. The second kappa shape index (κ2) is 8.99. The van der Waals surface area contributed by atoms with Gasteiger partial charge in [0, 0.05) is 32.2 Å². The lowest BCUT2D eigenvalue weighted by molar-refractivity contribution is 0.0161. The van der Waals surface area contributed by atoms with Gasteiger partial charge in [-0.1, -0.05) is 36.4 Å². The van der Waals surface area contributed by atoms with Crippen molar-refractivity contribution < 1.29 is 9.47 Å². The number of morpholine rings is 1. The molecule has 0 amide bonds. The molecule has 1 fully saturated rings. The van der Waals surface area contributed by atoms with Gasteiger partial charge in [0.05, 0.1) is 20.3 Å². The summed E-state index contributed by atoms with van der Waals surface area (Å²) >= 11 is 0. The monoisotopic (exact) mass is 340 g/mol. The van der Waals surface area contributed by atoms with E-state index in [0.717, 1.165) is 45.1 Å². The maximum atomic E-state index is 5.53. The molecule has 2 aromatic rings. The molecule has 1 atom stereocenters. The molecule has 134 valence electrons. The van der Waals surface area contributed by atoms with Crippen LogP contribution in [0.1, 0.15) is 22.7 Å². The molecule has 2 aromatic carbocycles. The van der Waals surface area contributed by atoms with Crippen LogP contribution >= 0.6 is 0 Å². The van der Waals surface area contributed by atoms with Crippen LogP contribution in [0.15, 0.2) is 48.5 Å². The Balaban J connectivity index is 1.68. The highest BCUT2D eigenvalue weighted by molar-refractivity contribution is 5.30. The fourth-order valence-corrected chi connectivity index (χ4v) is 3.32. The molecule has 1 N–H and O–H groups in total. The molecule has 1 aliphatic rings. The predicted molar refractivity (Wildman–Crippen MR) is 101 cm³/mol. The lowest BCUT2D eigenvalue weighted by atomic mass is 10.0. The second-order valence-electron chi connectivity index (χ2n) is 6.49. The maximum Gasteiger partial charge on any atom is 0.118 e. The Morgan fingerprint density at radius 1 is 1.08 bits per heavy atom. The minimum Gasteiger partial charge on any atom is -0.497 e. The second-order valence-corrected chi connectivity index (χ2v) is 6.49. The average Bonchev–Trinajstić information content (AvgIpc) is 2.67. The topological polar surface area (TPSA) is 33.7 Å². The van der Waals surface area contributed by atoms with Gasteiger partial charge in [-0.3, -0.25) is 4.90 Å². The number of rotatable bonds is 7. The van der Waals surface area contributed by atoms with Crippen LogP contribution in [0.3, 0.4) is 0 Å². The summed E-state index contributed by atoms with van der Waals surface area (Å²) in [6.07, 6.45) is 0. The molecular weight excluding hydrogens is 312 g/mol. The first-order valence-corrected chi connectivity index (χ1v) is 8.99. The standard InChI is InChI=1S/C21H28N2O2/c1-17-5-3-4-6-19(17)15-22-16-21(23-11-13-25-14-12-23)18-7-9-20(24-2)10-8-18/h3-10,21-22H,11-16H2,1-2H3. The summed E-state index contributed by atoms with van der Waals surface area (Å²) in [5.41, 5.74) is 4.01. The third-order valence-electron chi connectivity index (χ3n) is 4.90. The van der Waals surface area contributed by atoms with Crippen molar-refractivity contribution in [2.45, 2.75) is 19.5 Å². The number of ether oxygens (including phenoxy) is 2. The van der Waals surface area contributed by atoms with E-state index in [2.05, 4.69) is 53.5 Å². The normalized spacial score (nSPS) is 16.6. The van der Waals surface area contributed by atoms with Crippen LogP contribution in [0.4, 0.5) is 0 Å². The van der Waals surface area contributed by atoms with E-state index in [1.165, 1.54) is 16.7 Å². The quantitative estimate of drug-likeness (QED) is 0.839. The molecular formula is C21H28N2O2. The summed E-state index contributed by atoms with van der Waals surface area (Å²) in [5, 5.41) is 3.65. The SMILES string of the molecule is COc1ccc(C(CNCc2ccccc2C)N2CCOCC2)cc1. The average molecular weight is 340 g/mol. The van der Waals surface area contributed by atoms with E-state index in [9.17, 15) is 0 Å². The first-order valence-electron chi connectivity index (χ1n) is 8.99. The Bertz CT molecular complexity index is 651. The molecule has 0 spiro atoms. The van der Waals surface area contributed by atoms with Crippen molar-refractivity contribution in [2.75, 3.05) is 40.0 Å². The minimum atomic E-state index is 0.346. The highest BCUT2D eigenvalue weighted by Gasteiger charge is 2.22. The summed E-state index contributed by atoms with van der Waals surface area (Å²) < 4.78 is 10.8. The summed E-state index contributed by atoms with van der Waals surface area (Å²) in [5.74, 6) is 0.900. The third kappa shape index (κ3) is 4.82. The van der Waals surface area contributed by atoms with Crippen LogP contribution in [-0.4, -0.2) is 44.9 Å². The summed E-state index contributed by atoms with van der Waals surface area (Å²) in [6, 6.07) is 17.3. The lowest BCUT2D eigenvalue weighted by Crippen LogP contribution is -2.42. The number of aryl methyl sites for hydroxylation is 1. The van der Waals surface area contributed by atoms with E-state index in [1.54, 1.807) is 7.11 Å². The molecule has 4 nitrogen and oxygen atoms in total. The zero-order valence-corrected chi connectivity index (χ0v) is 15.2. The highest BCUT2D eigenvalue weighted by atomic mass is 16.5. The summed E-state index contributed by atoms with van der Waals surface area (Å²) in [4.78, 5) is 2.51. The van der Waals surface area contributed by atoms with Crippen molar-refractivity contribution in [3.63, 3.8) is 0 Å². The Hall–Kier alpha value is -1.88. The zero-order chi connectivity index (χ0) is 17.5. The van der Waals surface area contributed by atoms with Gasteiger partial charge in [-0.25, -0.2) is 0 Å². The van der Waals surface area contributed by atoms with Gasteiger partial charge in [0.15, 0.2) is 0 Å². The summed E-state index contributed by atoms with van der Waals surface area (Å²) in [7, 11) is 1.71. The highest BCUT2D eigenvalue weighted by Crippen LogP contribution is 2.24. The molecule has 4 heteroatoms. The number of nitrogens with zero attached hydrogens (tertiary/aromatic N) is 1. The fraction of sp³-hybridized carbons (Fsp3) is 0.429. The van der Waals surface area contributed by atoms with Crippen molar-refractivity contribution >= 4 is 0 Å². The van der Waals surface area contributed by atoms with E-state index < -0.39 is 0 Å². The first kappa shape index (κ1) is 17.9. The number of benzene rings is 2. The minimum absolute atomic E-state index is 0.346. The van der Waals surface area contributed by atoms with Crippen LogP contribution in [0.25, 0.3) is 0 Å².